The number of sulfone groups is 1. The van der Waals surface area contributed by atoms with Gasteiger partial charge in [0.15, 0.2) is 0 Å². The fraction of sp³-hybridized carbons (Fsp3) is 0.438. The molecule has 8 heteroatoms. The number of aromatic nitrogens is 3. The molecule has 0 spiro atoms. The average Bonchev–Trinajstić information content (AvgIpc) is 2.53. The van der Waals surface area contributed by atoms with Crippen LogP contribution in [-0.4, -0.2) is 55.2 Å². The van der Waals surface area contributed by atoms with Crippen molar-refractivity contribution in [2.75, 3.05) is 31.8 Å². The van der Waals surface area contributed by atoms with Crippen molar-refractivity contribution >= 4 is 15.7 Å². The molecule has 0 aromatic carbocycles. The summed E-state index contributed by atoms with van der Waals surface area (Å²) in [4.78, 5) is 17.0. The van der Waals surface area contributed by atoms with E-state index in [1.165, 1.54) is 5.56 Å². The van der Waals surface area contributed by atoms with Gasteiger partial charge in [0.25, 0.3) is 0 Å². The molecule has 3 heterocycles. The van der Waals surface area contributed by atoms with Gasteiger partial charge in [0, 0.05) is 69.9 Å². The molecule has 0 N–H and O–H groups in total. The maximum atomic E-state index is 11.6. The van der Waals surface area contributed by atoms with Crippen molar-refractivity contribution in [3.63, 3.8) is 0 Å². The number of fused-ring (bicyclic) bond motifs is 1. The van der Waals surface area contributed by atoms with Gasteiger partial charge in [0.1, 0.15) is 5.82 Å². The van der Waals surface area contributed by atoms with Gasteiger partial charge in [0.05, 0.1) is 5.69 Å². The van der Waals surface area contributed by atoms with Crippen molar-refractivity contribution in [1.82, 2.24) is 19.9 Å². The number of rotatable bonds is 4. The lowest BCUT2D eigenvalue weighted by Crippen LogP contribution is -2.32. The topological polar surface area (TPSA) is 79.3 Å². The summed E-state index contributed by atoms with van der Waals surface area (Å²) in [7, 11) is 0.605. The van der Waals surface area contributed by atoms with E-state index in [0.717, 1.165) is 42.8 Å². The molecule has 0 fully saturated rings. The van der Waals surface area contributed by atoms with Gasteiger partial charge in [0.2, 0.25) is 15.0 Å². The summed E-state index contributed by atoms with van der Waals surface area (Å²) in [6, 6.07) is 4.03. The smallest absolute Gasteiger partial charge is 0.246 e. The van der Waals surface area contributed by atoms with Crippen LogP contribution in [0.5, 0.6) is 0 Å². The first-order valence-corrected chi connectivity index (χ1v) is 9.62. The first kappa shape index (κ1) is 16.8. The third-order valence-electron chi connectivity index (χ3n) is 4.01. The first-order valence-electron chi connectivity index (χ1n) is 7.73. The number of hydrogen-bond acceptors (Lipinski definition) is 7. The zero-order valence-corrected chi connectivity index (χ0v) is 14.9. The molecule has 0 amide bonds. The second-order valence-corrected chi connectivity index (χ2v) is 8.15. The third kappa shape index (κ3) is 3.54. The van der Waals surface area contributed by atoms with Crippen LogP contribution in [-0.2, 0) is 29.3 Å². The molecule has 24 heavy (non-hydrogen) atoms. The van der Waals surface area contributed by atoms with Crippen LogP contribution in [0.4, 0.5) is 5.82 Å². The molecule has 0 saturated carbocycles. The molecular formula is C16H21N5O2S. The van der Waals surface area contributed by atoms with E-state index in [2.05, 4.69) is 25.9 Å². The van der Waals surface area contributed by atoms with Crippen LogP contribution in [0.2, 0.25) is 0 Å². The van der Waals surface area contributed by atoms with Crippen LogP contribution in [0.3, 0.4) is 0 Å². The van der Waals surface area contributed by atoms with E-state index in [1.54, 1.807) is 12.4 Å². The summed E-state index contributed by atoms with van der Waals surface area (Å²) in [6.07, 6.45) is 5.29. The number of anilines is 1. The maximum absolute atomic E-state index is 11.6. The van der Waals surface area contributed by atoms with Crippen LogP contribution < -0.4 is 4.90 Å². The Kier molecular flexibility index (Phi) is 4.51. The van der Waals surface area contributed by atoms with E-state index >= 15 is 0 Å². The molecule has 3 rings (SSSR count). The summed E-state index contributed by atoms with van der Waals surface area (Å²) in [6.45, 7) is 2.32. The Hall–Kier alpha value is -2.06. The largest absolute Gasteiger partial charge is 0.362 e. The second-order valence-electron chi connectivity index (χ2n) is 6.24. The molecule has 0 unspecified atom stereocenters. The number of hydrogen-bond donors (Lipinski definition) is 0. The summed E-state index contributed by atoms with van der Waals surface area (Å²) in [5.41, 5.74) is 2.99. The van der Waals surface area contributed by atoms with Crippen molar-refractivity contribution in [1.29, 1.82) is 0 Å². The molecule has 7 nitrogen and oxygen atoms in total. The fourth-order valence-electron chi connectivity index (χ4n) is 2.87. The van der Waals surface area contributed by atoms with Crippen LogP contribution in [0.25, 0.3) is 0 Å². The van der Waals surface area contributed by atoms with Crippen molar-refractivity contribution < 1.29 is 8.42 Å². The molecule has 0 radical (unpaired) electrons. The normalized spacial score (nSPS) is 15.1. The van der Waals surface area contributed by atoms with Crippen molar-refractivity contribution in [2.45, 2.75) is 24.7 Å². The summed E-state index contributed by atoms with van der Waals surface area (Å²) in [5, 5.41) is -0.0862. The van der Waals surface area contributed by atoms with E-state index in [0.29, 0.717) is 6.54 Å². The van der Waals surface area contributed by atoms with Gasteiger partial charge in [-0.3, -0.25) is 4.90 Å². The van der Waals surface area contributed by atoms with Crippen LogP contribution in [0.15, 0.2) is 29.7 Å². The van der Waals surface area contributed by atoms with Gasteiger partial charge in [-0.1, -0.05) is 6.07 Å². The predicted molar refractivity (Wildman–Crippen MR) is 91.5 cm³/mol. The Bertz CT molecular complexity index is 851. The second kappa shape index (κ2) is 6.45. The highest BCUT2D eigenvalue weighted by atomic mass is 32.2. The molecule has 2 aromatic heterocycles. The SMILES string of the molecule is CN(C)c1ncccc1CN1CCc2nc(S(C)(=O)=O)ncc2C1. The zero-order chi connectivity index (χ0) is 17.3. The highest BCUT2D eigenvalue weighted by molar-refractivity contribution is 7.90. The predicted octanol–water partition coefficient (Wildman–Crippen LogP) is 0.899. The Balaban J connectivity index is 1.79. The van der Waals surface area contributed by atoms with Crippen molar-refractivity contribution in [3.05, 3.63) is 41.3 Å². The Morgan fingerprint density at radius 3 is 2.79 bits per heavy atom. The summed E-state index contributed by atoms with van der Waals surface area (Å²) >= 11 is 0. The molecule has 0 saturated heterocycles. The third-order valence-corrected chi connectivity index (χ3v) is 4.87. The zero-order valence-electron chi connectivity index (χ0n) is 14.1. The number of pyridine rings is 1. The van der Waals surface area contributed by atoms with Crippen molar-refractivity contribution in [2.24, 2.45) is 0 Å². The van der Waals surface area contributed by atoms with Gasteiger partial charge in [-0.25, -0.2) is 23.4 Å². The van der Waals surface area contributed by atoms with E-state index < -0.39 is 9.84 Å². The van der Waals surface area contributed by atoms with Crippen LogP contribution in [0, 0.1) is 0 Å². The molecular weight excluding hydrogens is 326 g/mol. The minimum atomic E-state index is -3.36. The lowest BCUT2D eigenvalue weighted by Gasteiger charge is -2.29. The number of nitrogens with zero attached hydrogens (tertiary/aromatic N) is 5. The standard InChI is InChI=1S/C16H21N5O2S/c1-20(2)15-12(5-4-7-17-15)10-21-8-6-14-13(11-21)9-18-16(19-14)24(3,22)23/h4-5,7,9H,6,8,10-11H2,1-3H3. The van der Waals surface area contributed by atoms with Crippen LogP contribution in [0.1, 0.15) is 16.8 Å². The average molecular weight is 347 g/mol. The fourth-order valence-corrected chi connectivity index (χ4v) is 3.39. The molecule has 0 aliphatic carbocycles. The van der Waals surface area contributed by atoms with E-state index in [9.17, 15) is 8.42 Å². The quantitative estimate of drug-likeness (QED) is 0.760. The monoisotopic (exact) mass is 347 g/mol. The lowest BCUT2D eigenvalue weighted by molar-refractivity contribution is 0.242. The van der Waals surface area contributed by atoms with E-state index in [4.69, 9.17) is 0 Å². The highest BCUT2D eigenvalue weighted by Gasteiger charge is 2.22. The van der Waals surface area contributed by atoms with Gasteiger partial charge in [-0.2, -0.15) is 0 Å². The van der Waals surface area contributed by atoms with Gasteiger partial charge in [-0.15, -0.1) is 0 Å². The van der Waals surface area contributed by atoms with Crippen molar-refractivity contribution in [3.8, 4) is 0 Å². The minimum Gasteiger partial charge on any atom is -0.362 e. The molecule has 1 aliphatic rings. The highest BCUT2D eigenvalue weighted by Crippen LogP contribution is 2.22. The Labute approximate surface area is 142 Å². The van der Waals surface area contributed by atoms with Gasteiger partial charge in [-0.05, 0) is 6.07 Å². The minimum absolute atomic E-state index is 0.0862. The molecule has 1 aliphatic heterocycles. The molecule has 128 valence electrons. The maximum Gasteiger partial charge on any atom is 0.246 e. The van der Waals surface area contributed by atoms with Gasteiger partial charge >= 0.3 is 0 Å². The first-order chi connectivity index (χ1) is 11.3. The van der Waals surface area contributed by atoms with E-state index in [-0.39, 0.29) is 5.16 Å². The van der Waals surface area contributed by atoms with Crippen LogP contribution >= 0.6 is 0 Å². The lowest BCUT2D eigenvalue weighted by atomic mass is 10.1. The summed E-state index contributed by atoms with van der Waals surface area (Å²) in [5.74, 6) is 0.965. The van der Waals surface area contributed by atoms with Gasteiger partial charge < -0.3 is 4.90 Å². The summed E-state index contributed by atoms with van der Waals surface area (Å²) < 4.78 is 23.2. The Morgan fingerprint density at radius 1 is 1.29 bits per heavy atom. The molecule has 0 atom stereocenters. The molecule has 0 bridgehead atoms. The molecule has 2 aromatic rings. The Morgan fingerprint density at radius 2 is 2.08 bits per heavy atom. The van der Waals surface area contributed by atoms with E-state index in [1.807, 2.05) is 25.1 Å².